The highest BCUT2D eigenvalue weighted by Gasteiger charge is 2.28. The van der Waals surface area contributed by atoms with E-state index in [0.717, 1.165) is 18.0 Å². The van der Waals surface area contributed by atoms with Gasteiger partial charge in [0.25, 0.3) is 5.91 Å². The number of pyridine rings is 1. The SMILES string of the molecule is CC(=O)N1CCN(Cc2cnc(NC(=O)C(=NOCc3ccccn3)c3ccc(S(O)(O)C4=CC4)cc3)s2)CC1. The quantitative estimate of drug-likeness (QED) is 0.239. The molecule has 3 N–H and O–H groups in total. The monoisotopic (exact) mass is 582 g/mol. The molecule has 0 spiro atoms. The molecule has 40 heavy (non-hydrogen) atoms. The van der Waals surface area contributed by atoms with Crippen LogP contribution < -0.4 is 5.32 Å². The average molecular weight is 583 g/mol. The van der Waals surface area contributed by atoms with Gasteiger partial charge in [0.15, 0.2) is 17.5 Å². The predicted molar refractivity (Wildman–Crippen MR) is 154 cm³/mol. The Kier molecular flexibility index (Phi) is 8.57. The largest absolute Gasteiger partial charge is 0.389 e. The third kappa shape index (κ3) is 6.92. The van der Waals surface area contributed by atoms with E-state index in [2.05, 4.69) is 25.3 Å². The summed E-state index contributed by atoms with van der Waals surface area (Å²) in [5, 5.41) is 7.35. The van der Waals surface area contributed by atoms with Crippen molar-refractivity contribution >= 4 is 44.6 Å². The molecule has 1 aromatic carbocycles. The van der Waals surface area contributed by atoms with E-state index in [1.54, 1.807) is 61.8 Å². The van der Waals surface area contributed by atoms with Crippen LogP contribution >= 0.6 is 21.9 Å². The van der Waals surface area contributed by atoms with Crippen LogP contribution in [0.15, 0.2) is 75.9 Å². The number of thiazole rings is 1. The van der Waals surface area contributed by atoms with Crippen molar-refractivity contribution in [1.29, 1.82) is 0 Å². The average Bonchev–Trinajstić information content (AvgIpc) is 3.74. The molecule has 0 radical (unpaired) electrons. The number of oxime groups is 1. The van der Waals surface area contributed by atoms with Crippen molar-refractivity contribution in [2.24, 2.45) is 5.16 Å². The van der Waals surface area contributed by atoms with Crippen LogP contribution in [0.3, 0.4) is 0 Å². The van der Waals surface area contributed by atoms with Gasteiger partial charge in [-0.25, -0.2) is 4.98 Å². The van der Waals surface area contributed by atoms with Gasteiger partial charge in [-0.1, -0.05) is 29.4 Å². The van der Waals surface area contributed by atoms with Gasteiger partial charge < -0.3 is 9.74 Å². The van der Waals surface area contributed by atoms with Gasteiger partial charge >= 0.3 is 0 Å². The molecule has 0 unspecified atom stereocenters. The van der Waals surface area contributed by atoms with E-state index in [9.17, 15) is 18.7 Å². The molecule has 1 aliphatic carbocycles. The van der Waals surface area contributed by atoms with Crippen LogP contribution in [0, 0.1) is 0 Å². The lowest BCUT2D eigenvalue weighted by Crippen LogP contribution is -2.47. The van der Waals surface area contributed by atoms with E-state index in [-0.39, 0.29) is 18.2 Å². The van der Waals surface area contributed by atoms with Crippen molar-refractivity contribution in [3.63, 3.8) is 0 Å². The molecule has 11 nitrogen and oxygen atoms in total. The predicted octanol–water partition coefficient (Wildman–Crippen LogP) is 4.16. The van der Waals surface area contributed by atoms with Gasteiger partial charge in [0.05, 0.1) is 10.6 Å². The van der Waals surface area contributed by atoms with Gasteiger partial charge in [0.2, 0.25) is 5.91 Å². The zero-order valence-electron chi connectivity index (χ0n) is 21.9. The maximum absolute atomic E-state index is 13.3. The number of nitrogens with zero attached hydrogens (tertiary/aromatic N) is 5. The first kappa shape index (κ1) is 27.9. The molecular formula is C27H30N6O5S2. The minimum atomic E-state index is -3.00. The van der Waals surface area contributed by atoms with Crippen LogP contribution in [0.4, 0.5) is 5.13 Å². The lowest BCUT2D eigenvalue weighted by atomic mass is 10.1. The fourth-order valence-electron chi connectivity index (χ4n) is 4.14. The van der Waals surface area contributed by atoms with Crippen molar-refractivity contribution in [3.05, 3.63) is 82.0 Å². The van der Waals surface area contributed by atoms with Crippen LogP contribution in [-0.2, 0) is 27.6 Å². The highest BCUT2D eigenvalue weighted by atomic mass is 32.3. The third-order valence-electron chi connectivity index (χ3n) is 6.47. The molecule has 1 aliphatic heterocycles. The maximum Gasteiger partial charge on any atom is 0.280 e. The molecule has 0 saturated carbocycles. The van der Waals surface area contributed by atoms with Crippen molar-refractivity contribution in [3.8, 4) is 0 Å². The summed E-state index contributed by atoms with van der Waals surface area (Å²) in [6.45, 7) is 5.29. The first-order valence-electron chi connectivity index (χ1n) is 12.7. The van der Waals surface area contributed by atoms with Gasteiger partial charge in [-0.2, -0.15) is 0 Å². The molecule has 3 heterocycles. The summed E-state index contributed by atoms with van der Waals surface area (Å²) in [7, 11) is -3.00. The second-order valence-corrected chi connectivity index (χ2v) is 12.6. The summed E-state index contributed by atoms with van der Waals surface area (Å²) in [6.07, 6.45) is 5.75. The topological polar surface area (TPSA) is 140 Å². The van der Waals surface area contributed by atoms with Gasteiger partial charge in [-0.15, -0.1) is 21.9 Å². The summed E-state index contributed by atoms with van der Waals surface area (Å²) in [5.74, 6) is -0.423. The van der Waals surface area contributed by atoms with E-state index < -0.39 is 16.5 Å². The lowest BCUT2D eigenvalue weighted by Gasteiger charge is -2.33. The molecular weight excluding hydrogens is 552 g/mol. The van der Waals surface area contributed by atoms with E-state index in [1.807, 2.05) is 11.0 Å². The molecule has 3 aromatic rings. The molecule has 210 valence electrons. The number of carbonyl (C=O) groups is 2. The second kappa shape index (κ2) is 12.3. The van der Waals surface area contributed by atoms with Crippen molar-refractivity contribution in [2.75, 3.05) is 31.5 Å². The second-order valence-electron chi connectivity index (χ2n) is 9.35. The third-order valence-corrected chi connectivity index (χ3v) is 9.36. The molecule has 13 heteroatoms. The number of piperazine rings is 1. The zero-order valence-corrected chi connectivity index (χ0v) is 23.5. The number of aromatic nitrogens is 2. The summed E-state index contributed by atoms with van der Waals surface area (Å²) in [4.78, 5) is 45.0. The summed E-state index contributed by atoms with van der Waals surface area (Å²) < 4.78 is 21.0. The number of carbonyl (C=O) groups excluding carboxylic acids is 2. The molecule has 1 fully saturated rings. The molecule has 5 rings (SSSR count). The number of benzene rings is 1. The number of hydrogen-bond donors (Lipinski definition) is 3. The summed E-state index contributed by atoms with van der Waals surface area (Å²) in [5.41, 5.74) is 1.12. The maximum atomic E-state index is 13.3. The van der Waals surface area contributed by atoms with Crippen molar-refractivity contribution < 1.29 is 23.5 Å². The molecule has 1 saturated heterocycles. The smallest absolute Gasteiger partial charge is 0.280 e. The number of allylic oxidation sites excluding steroid dienone is 2. The van der Waals surface area contributed by atoms with Gasteiger partial charge in [0.1, 0.15) is 0 Å². The molecule has 2 aromatic heterocycles. The Morgan fingerprint density at radius 1 is 1.10 bits per heavy atom. The Morgan fingerprint density at radius 2 is 1.85 bits per heavy atom. The fourth-order valence-corrected chi connectivity index (χ4v) is 6.35. The number of hydrogen-bond acceptors (Lipinski definition) is 10. The van der Waals surface area contributed by atoms with E-state index in [0.29, 0.717) is 52.2 Å². The Morgan fingerprint density at radius 3 is 2.50 bits per heavy atom. The van der Waals surface area contributed by atoms with Crippen LogP contribution in [0.25, 0.3) is 0 Å². The van der Waals surface area contributed by atoms with E-state index in [1.165, 1.54) is 11.3 Å². The highest BCUT2D eigenvalue weighted by molar-refractivity contribution is 8.27. The van der Waals surface area contributed by atoms with Crippen LogP contribution in [0.2, 0.25) is 0 Å². The van der Waals surface area contributed by atoms with Crippen LogP contribution in [0.5, 0.6) is 0 Å². The standard InChI is InChI=1S/C27H30N6O5S2/c1-19(34)33-14-12-32(13-15-33)17-22-16-29-27(39-22)30-26(35)25(31-38-18-21-4-2-3-11-28-21)20-5-7-23(8-6-20)40(36,37)24-9-10-24/h2-9,11,16,36-37H,10,12-15,17-18H2,1H3,(H,29,30,35). The lowest BCUT2D eigenvalue weighted by molar-refractivity contribution is -0.130. The summed E-state index contributed by atoms with van der Waals surface area (Å²) >= 11 is 1.37. The van der Waals surface area contributed by atoms with E-state index in [4.69, 9.17) is 4.84 Å². The Bertz CT molecular complexity index is 1420. The van der Waals surface area contributed by atoms with Gasteiger partial charge in [-0.05, 0) is 24.3 Å². The van der Waals surface area contributed by atoms with E-state index >= 15 is 0 Å². The van der Waals surface area contributed by atoms with Crippen molar-refractivity contribution in [1.82, 2.24) is 19.8 Å². The minimum Gasteiger partial charge on any atom is -0.389 e. The summed E-state index contributed by atoms with van der Waals surface area (Å²) in [6, 6.07) is 11.8. The number of amides is 2. The first-order valence-corrected chi connectivity index (χ1v) is 15.1. The highest BCUT2D eigenvalue weighted by Crippen LogP contribution is 2.61. The molecule has 2 aliphatic rings. The van der Waals surface area contributed by atoms with Gasteiger partial charge in [0, 0.05) is 73.8 Å². The molecule has 0 atom stereocenters. The number of anilines is 1. The molecule has 0 bridgehead atoms. The Labute approximate surface area is 237 Å². The van der Waals surface area contributed by atoms with Gasteiger partial charge in [-0.3, -0.25) is 33.9 Å². The minimum absolute atomic E-state index is 0.0155. The van der Waals surface area contributed by atoms with Crippen LogP contribution in [-0.4, -0.2) is 72.6 Å². The number of rotatable bonds is 10. The molecule has 2 amide bonds. The fraction of sp³-hybridized carbons (Fsp3) is 0.296. The first-order chi connectivity index (χ1) is 19.3. The Hall–Kier alpha value is -3.62. The van der Waals surface area contributed by atoms with Crippen LogP contribution in [0.1, 0.15) is 29.5 Å². The zero-order chi connectivity index (χ0) is 28.1. The normalized spacial score (nSPS) is 16.3. The van der Waals surface area contributed by atoms with Crippen molar-refractivity contribution in [2.45, 2.75) is 31.4 Å². The Balaban J connectivity index is 1.27. The number of nitrogens with one attached hydrogen (secondary N) is 1.